The lowest BCUT2D eigenvalue weighted by Crippen LogP contribution is -2.48. The molecule has 2 N–H and O–H groups in total. The highest BCUT2D eigenvalue weighted by atomic mass is 32.2. The number of carbonyl (C=O) groups excluding carboxylic acids is 1. The number of carbonyl (C=O) groups is 1. The summed E-state index contributed by atoms with van der Waals surface area (Å²) in [6.07, 6.45) is 2.79. The number of nitrogens with one attached hydrogen (secondary N) is 2. The molecule has 1 unspecified atom stereocenters. The summed E-state index contributed by atoms with van der Waals surface area (Å²) in [4.78, 5) is 15.3. The van der Waals surface area contributed by atoms with Crippen molar-refractivity contribution in [3.63, 3.8) is 0 Å². The molecule has 2 rings (SSSR count). The minimum atomic E-state index is -3.82. The summed E-state index contributed by atoms with van der Waals surface area (Å²) < 4.78 is 46.5. The Hall–Kier alpha value is -1.58. The molecule has 1 saturated carbocycles. The van der Waals surface area contributed by atoms with E-state index in [2.05, 4.69) is 14.4 Å². The number of halogens is 1. The molecule has 0 saturated heterocycles. The van der Waals surface area contributed by atoms with E-state index in [0.717, 1.165) is 18.9 Å². The minimum absolute atomic E-state index is 0.0240. The first kappa shape index (κ1) is 16.8. The van der Waals surface area contributed by atoms with Crippen LogP contribution in [0.4, 0.5) is 4.39 Å². The number of pyridine rings is 1. The van der Waals surface area contributed by atoms with E-state index in [1.54, 1.807) is 6.92 Å². The Kier molecular flexibility index (Phi) is 5.43. The van der Waals surface area contributed by atoms with Crippen molar-refractivity contribution in [1.82, 2.24) is 14.4 Å². The molecule has 1 aliphatic rings. The summed E-state index contributed by atoms with van der Waals surface area (Å²) in [5, 5.41) is 0. The maximum Gasteiger partial charge on any atom is 0.324 e. The predicted molar refractivity (Wildman–Crippen MR) is 76.5 cm³/mol. The molecule has 0 amide bonds. The zero-order valence-electron chi connectivity index (χ0n) is 12.1. The van der Waals surface area contributed by atoms with E-state index in [1.165, 1.54) is 12.3 Å². The molecule has 122 valence electrons. The highest BCUT2D eigenvalue weighted by Gasteiger charge is 2.31. The molecule has 22 heavy (non-hydrogen) atoms. The zero-order chi connectivity index (χ0) is 16.2. The van der Waals surface area contributed by atoms with Gasteiger partial charge in [-0.2, -0.15) is 22.3 Å². The summed E-state index contributed by atoms with van der Waals surface area (Å²) >= 11 is 0. The average molecular weight is 331 g/mol. The molecule has 7 nitrogen and oxygen atoms in total. The van der Waals surface area contributed by atoms with E-state index in [1.807, 2.05) is 0 Å². The molecule has 1 aliphatic carbocycles. The van der Waals surface area contributed by atoms with Crippen LogP contribution in [-0.2, 0) is 26.2 Å². The van der Waals surface area contributed by atoms with Crippen LogP contribution in [0.25, 0.3) is 0 Å². The molecule has 1 fully saturated rings. The average Bonchev–Trinajstić information content (AvgIpc) is 3.21. The molecule has 0 spiro atoms. The molecule has 0 bridgehead atoms. The maximum atomic E-state index is 13.1. The Labute approximate surface area is 128 Å². The fourth-order valence-corrected chi connectivity index (χ4v) is 3.16. The lowest BCUT2D eigenvalue weighted by Gasteiger charge is -2.17. The van der Waals surface area contributed by atoms with Crippen LogP contribution < -0.4 is 9.44 Å². The van der Waals surface area contributed by atoms with Crippen LogP contribution in [0.3, 0.4) is 0 Å². The zero-order valence-corrected chi connectivity index (χ0v) is 12.9. The Morgan fingerprint density at radius 1 is 1.55 bits per heavy atom. The normalized spacial score (nSPS) is 16.3. The molecule has 1 aromatic heterocycles. The quantitative estimate of drug-likeness (QED) is 0.527. The van der Waals surface area contributed by atoms with Crippen LogP contribution in [0, 0.1) is 5.95 Å². The highest BCUT2D eigenvalue weighted by Crippen LogP contribution is 2.19. The van der Waals surface area contributed by atoms with E-state index in [-0.39, 0.29) is 19.1 Å². The third kappa shape index (κ3) is 5.32. The summed E-state index contributed by atoms with van der Waals surface area (Å²) in [6, 6.07) is 1.45. The van der Waals surface area contributed by atoms with Crippen LogP contribution in [0.2, 0.25) is 0 Å². The fraction of sp³-hybridized carbons (Fsp3) is 0.538. The number of nitrogens with zero attached hydrogens (tertiary/aromatic N) is 1. The van der Waals surface area contributed by atoms with E-state index in [0.29, 0.717) is 5.56 Å². The number of hydrogen-bond acceptors (Lipinski definition) is 5. The van der Waals surface area contributed by atoms with Crippen molar-refractivity contribution in [1.29, 1.82) is 0 Å². The Morgan fingerprint density at radius 2 is 2.27 bits per heavy atom. The molecule has 1 atom stereocenters. The molecule has 0 aliphatic heterocycles. The lowest BCUT2D eigenvalue weighted by molar-refractivity contribution is -0.145. The van der Waals surface area contributed by atoms with E-state index < -0.39 is 28.2 Å². The van der Waals surface area contributed by atoms with Gasteiger partial charge in [0.25, 0.3) is 10.2 Å². The van der Waals surface area contributed by atoms with Gasteiger partial charge in [-0.1, -0.05) is 0 Å². The number of esters is 1. The minimum Gasteiger partial charge on any atom is -0.465 e. The smallest absolute Gasteiger partial charge is 0.324 e. The first-order chi connectivity index (χ1) is 10.4. The number of ether oxygens (including phenoxy) is 1. The van der Waals surface area contributed by atoms with Gasteiger partial charge in [-0.15, -0.1) is 0 Å². The lowest BCUT2D eigenvalue weighted by atomic mass is 10.1. The van der Waals surface area contributed by atoms with Gasteiger partial charge in [0, 0.05) is 12.2 Å². The molecular weight excluding hydrogens is 313 g/mol. The summed E-state index contributed by atoms with van der Waals surface area (Å²) in [5.41, 5.74) is 0.444. The van der Waals surface area contributed by atoms with Crippen LogP contribution in [0.1, 0.15) is 25.3 Å². The Bertz CT molecular complexity index is 634. The van der Waals surface area contributed by atoms with Gasteiger partial charge in [0.2, 0.25) is 5.95 Å². The van der Waals surface area contributed by atoms with Crippen molar-refractivity contribution in [2.45, 2.75) is 38.3 Å². The first-order valence-electron chi connectivity index (χ1n) is 6.96. The van der Waals surface area contributed by atoms with Crippen molar-refractivity contribution in [3.05, 3.63) is 29.8 Å². The Balaban J connectivity index is 2.09. The standard InChI is InChI=1S/C13H18FN3O4S/c1-2-21-13(18)11(7-9-5-6-15-12(14)8-9)17-22(19,20)16-10-3-4-10/h5-6,8,10-11,16-17H,2-4,7H2,1H3. The van der Waals surface area contributed by atoms with Crippen LogP contribution in [-0.4, -0.2) is 38.1 Å². The van der Waals surface area contributed by atoms with Gasteiger partial charge < -0.3 is 4.74 Å². The SMILES string of the molecule is CCOC(=O)C(Cc1ccnc(F)c1)NS(=O)(=O)NC1CC1. The van der Waals surface area contributed by atoms with Gasteiger partial charge in [0.05, 0.1) is 6.61 Å². The van der Waals surface area contributed by atoms with Crippen molar-refractivity contribution in [3.8, 4) is 0 Å². The van der Waals surface area contributed by atoms with E-state index in [9.17, 15) is 17.6 Å². The van der Waals surface area contributed by atoms with Crippen LogP contribution in [0.15, 0.2) is 18.3 Å². The topological polar surface area (TPSA) is 97.4 Å². The fourth-order valence-electron chi connectivity index (χ4n) is 1.86. The molecule has 9 heteroatoms. The molecule has 0 radical (unpaired) electrons. The maximum absolute atomic E-state index is 13.1. The van der Waals surface area contributed by atoms with Crippen molar-refractivity contribution < 1.29 is 22.3 Å². The number of rotatable bonds is 8. The van der Waals surface area contributed by atoms with Crippen molar-refractivity contribution >= 4 is 16.2 Å². The van der Waals surface area contributed by atoms with E-state index >= 15 is 0 Å². The second kappa shape index (κ2) is 7.12. The van der Waals surface area contributed by atoms with Crippen molar-refractivity contribution in [2.24, 2.45) is 0 Å². The molecule has 1 heterocycles. The monoisotopic (exact) mass is 331 g/mol. The third-order valence-electron chi connectivity index (χ3n) is 3.00. The number of hydrogen-bond donors (Lipinski definition) is 2. The van der Waals surface area contributed by atoms with Gasteiger partial charge in [0.15, 0.2) is 0 Å². The predicted octanol–water partition coefficient (Wildman–Crippen LogP) is 0.281. The van der Waals surface area contributed by atoms with E-state index in [4.69, 9.17) is 4.74 Å². The second-order valence-electron chi connectivity index (χ2n) is 5.01. The van der Waals surface area contributed by atoms with Gasteiger partial charge in [-0.05, 0) is 43.9 Å². The van der Waals surface area contributed by atoms with Crippen LogP contribution >= 0.6 is 0 Å². The summed E-state index contributed by atoms with van der Waals surface area (Å²) in [7, 11) is -3.82. The third-order valence-corrected chi connectivity index (χ3v) is 4.24. The largest absolute Gasteiger partial charge is 0.465 e. The summed E-state index contributed by atoms with van der Waals surface area (Å²) in [6.45, 7) is 1.75. The highest BCUT2D eigenvalue weighted by molar-refractivity contribution is 7.87. The van der Waals surface area contributed by atoms with Gasteiger partial charge in [0.1, 0.15) is 6.04 Å². The van der Waals surface area contributed by atoms with Gasteiger partial charge >= 0.3 is 5.97 Å². The second-order valence-corrected chi connectivity index (χ2v) is 6.49. The number of aromatic nitrogens is 1. The molecular formula is C13H18FN3O4S. The molecule has 0 aromatic carbocycles. The van der Waals surface area contributed by atoms with Gasteiger partial charge in [-0.3, -0.25) is 4.79 Å². The Morgan fingerprint density at radius 3 is 2.86 bits per heavy atom. The van der Waals surface area contributed by atoms with Crippen molar-refractivity contribution in [2.75, 3.05) is 6.61 Å². The molecule has 1 aromatic rings. The van der Waals surface area contributed by atoms with Crippen LogP contribution in [0.5, 0.6) is 0 Å². The van der Waals surface area contributed by atoms with Gasteiger partial charge in [-0.25, -0.2) is 4.98 Å². The summed E-state index contributed by atoms with van der Waals surface area (Å²) in [5.74, 6) is -1.40. The first-order valence-corrected chi connectivity index (χ1v) is 8.44.